The third-order valence-electron chi connectivity index (χ3n) is 3.88. The van der Waals surface area contributed by atoms with Crippen LogP contribution in [0.2, 0.25) is 0 Å². The van der Waals surface area contributed by atoms with E-state index in [9.17, 15) is 9.90 Å². The van der Waals surface area contributed by atoms with Crippen molar-refractivity contribution >= 4 is 17.3 Å². The van der Waals surface area contributed by atoms with Crippen molar-refractivity contribution in [3.63, 3.8) is 0 Å². The van der Waals surface area contributed by atoms with E-state index >= 15 is 0 Å². The van der Waals surface area contributed by atoms with Crippen LogP contribution < -0.4 is 10.6 Å². The zero-order chi connectivity index (χ0) is 14.8. The summed E-state index contributed by atoms with van der Waals surface area (Å²) in [5.74, 6) is 0.273. The Morgan fingerprint density at radius 1 is 1.19 bits per heavy atom. The van der Waals surface area contributed by atoms with Crippen molar-refractivity contribution in [2.75, 3.05) is 17.2 Å². The van der Waals surface area contributed by atoms with Crippen LogP contribution in [0.4, 0.5) is 11.4 Å². The summed E-state index contributed by atoms with van der Waals surface area (Å²) in [6.45, 7) is 0.730. The molecule has 21 heavy (non-hydrogen) atoms. The van der Waals surface area contributed by atoms with Crippen LogP contribution >= 0.6 is 0 Å². The van der Waals surface area contributed by atoms with E-state index < -0.39 is 0 Å². The maximum atomic E-state index is 12.5. The van der Waals surface area contributed by atoms with Gasteiger partial charge in [-0.3, -0.25) is 4.79 Å². The third kappa shape index (κ3) is 2.70. The average Bonchev–Trinajstić information content (AvgIpc) is 2.49. The number of carbonyl (C=O) groups is 1. The lowest BCUT2D eigenvalue weighted by Gasteiger charge is -2.30. The number of rotatable bonds is 2. The minimum absolute atomic E-state index is 0.0623. The van der Waals surface area contributed by atoms with Gasteiger partial charge in [0.1, 0.15) is 5.75 Å². The van der Waals surface area contributed by atoms with Crippen LogP contribution in [-0.4, -0.2) is 17.6 Å². The molecule has 2 aromatic rings. The minimum atomic E-state index is 0.0623. The number of carbonyl (C=O) groups excluding carboxylic acids is 1. The van der Waals surface area contributed by atoms with Gasteiger partial charge in [-0.2, -0.15) is 0 Å². The second-order valence-electron chi connectivity index (χ2n) is 5.34. The van der Waals surface area contributed by atoms with E-state index in [0.29, 0.717) is 6.42 Å². The van der Waals surface area contributed by atoms with E-state index in [1.165, 1.54) is 0 Å². The van der Waals surface area contributed by atoms with E-state index in [2.05, 4.69) is 0 Å². The van der Waals surface area contributed by atoms with Gasteiger partial charge in [-0.1, -0.05) is 18.2 Å². The van der Waals surface area contributed by atoms with Crippen molar-refractivity contribution < 1.29 is 9.90 Å². The number of aromatic hydroxyl groups is 1. The first-order valence-corrected chi connectivity index (χ1v) is 7.11. The smallest absolute Gasteiger partial charge is 0.231 e. The van der Waals surface area contributed by atoms with E-state index in [4.69, 9.17) is 5.73 Å². The maximum Gasteiger partial charge on any atom is 0.231 e. The Bertz CT molecular complexity index is 665. The Hall–Kier alpha value is -2.49. The number of phenolic OH excluding ortho intramolecular Hbond substituents is 1. The Kier molecular flexibility index (Phi) is 3.52. The largest absolute Gasteiger partial charge is 0.508 e. The fourth-order valence-corrected chi connectivity index (χ4v) is 2.79. The van der Waals surface area contributed by atoms with Crippen molar-refractivity contribution in [1.82, 2.24) is 0 Å². The molecule has 0 saturated carbocycles. The van der Waals surface area contributed by atoms with Gasteiger partial charge in [-0.05, 0) is 48.2 Å². The highest BCUT2D eigenvalue weighted by Crippen LogP contribution is 2.31. The number of hydrogen-bond acceptors (Lipinski definition) is 3. The Labute approximate surface area is 123 Å². The molecule has 3 N–H and O–H groups in total. The van der Waals surface area contributed by atoms with Crippen molar-refractivity contribution in [3.8, 4) is 5.75 Å². The molecule has 1 amide bonds. The van der Waals surface area contributed by atoms with E-state index in [-0.39, 0.29) is 11.7 Å². The summed E-state index contributed by atoms with van der Waals surface area (Å²) < 4.78 is 0. The molecular weight excluding hydrogens is 264 g/mol. The van der Waals surface area contributed by atoms with Gasteiger partial charge in [0, 0.05) is 17.9 Å². The molecule has 1 aliphatic rings. The predicted molar refractivity (Wildman–Crippen MR) is 83.3 cm³/mol. The summed E-state index contributed by atoms with van der Waals surface area (Å²) >= 11 is 0. The van der Waals surface area contributed by atoms with E-state index in [1.54, 1.807) is 24.3 Å². The van der Waals surface area contributed by atoms with Gasteiger partial charge in [0.2, 0.25) is 5.91 Å². The fourth-order valence-electron chi connectivity index (χ4n) is 2.79. The van der Waals surface area contributed by atoms with E-state index in [1.807, 2.05) is 23.1 Å². The molecule has 0 saturated heterocycles. The lowest BCUT2D eigenvalue weighted by molar-refractivity contribution is -0.118. The second-order valence-corrected chi connectivity index (χ2v) is 5.34. The second kappa shape index (κ2) is 5.48. The quantitative estimate of drug-likeness (QED) is 0.832. The molecule has 0 spiro atoms. The molecule has 0 bridgehead atoms. The standard InChI is InChI=1S/C17H18N2O2/c18-15-4-1-5-16-14(15)3-2-10-19(16)17(21)11-12-6-8-13(20)9-7-12/h1,4-9,20H,2-3,10-11,18H2. The molecule has 3 rings (SSSR count). The number of phenols is 1. The Morgan fingerprint density at radius 3 is 2.71 bits per heavy atom. The van der Waals surface area contributed by atoms with Crippen LogP contribution in [-0.2, 0) is 17.6 Å². The van der Waals surface area contributed by atoms with Crippen molar-refractivity contribution in [2.45, 2.75) is 19.3 Å². The van der Waals surface area contributed by atoms with Crippen LogP contribution in [0.15, 0.2) is 42.5 Å². The van der Waals surface area contributed by atoms with Gasteiger partial charge >= 0.3 is 0 Å². The molecule has 0 atom stereocenters. The first-order chi connectivity index (χ1) is 10.1. The number of benzene rings is 2. The number of anilines is 2. The van der Waals surface area contributed by atoms with Gasteiger partial charge in [0.25, 0.3) is 0 Å². The number of amides is 1. The Morgan fingerprint density at radius 2 is 1.95 bits per heavy atom. The molecule has 2 aromatic carbocycles. The first-order valence-electron chi connectivity index (χ1n) is 7.11. The highest BCUT2D eigenvalue weighted by atomic mass is 16.3. The maximum absolute atomic E-state index is 12.5. The molecule has 0 aliphatic carbocycles. The molecule has 0 unspecified atom stereocenters. The van der Waals surface area contributed by atoms with Gasteiger partial charge < -0.3 is 15.7 Å². The lowest BCUT2D eigenvalue weighted by atomic mass is 9.99. The average molecular weight is 282 g/mol. The predicted octanol–water partition coefficient (Wildman–Crippen LogP) is 2.50. The van der Waals surface area contributed by atoms with Crippen LogP contribution in [0.3, 0.4) is 0 Å². The first kappa shape index (κ1) is 13.5. The van der Waals surface area contributed by atoms with Gasteiger partial charge in [0.15, 0.2) is 0 Å². The summed E-state index contributed by atoms with van der Waals surface area (Å²) in [5.41, 5.74) is 9.67. The van der Waals surface area contributed by atoms with Crippen molar-refractivity contribution in [1.29, 1.82) is 0 Å². The summed E-state index contributed by atoms with van der Waals surface area (Å²) in [6, 6.07) is 12.5. The van der Waals surface area contributed by atoms with Crippen molar-refractivity contribution in [3.05, 3.63) is 53.6 Å². The van der Waals surface area contributed by atoms with Crippen LogP contribution in [0.1, 0.15) is 17.5 Å². The Balaban J connectivity index is 1.83. The lowest BCUT2D eigenvalue weighted by Crippen LogP contribution is -2.36. The number of nitrogens with two attached hydrogens (primary N) is 1. The molecule has 108 valence electrons. The monoisotopic (exact) mass is 282 g/mol. The van der Waals surface area contributed by atoms with Gasteiger partial charge in [-0.15, -0.1) is 0 Å². The molecule has 0 aromatic heterocycles. The molecule has 4 nitrogen and oxygen atoms in total. The minimum Gasteiger partial charge on any atom is -0.508 e. The topological polar surface area (TPSA) is 66.6 Å². The molecule has 1 heterocycles. The number of nitrogen functional groups attached to an aromatic ring is 1. The van der Waals surface area contributed by atoms with Crippen LogP contribution in [0.25, 0.3) is 0 Å². The number of hydrogen-bond donors (Lipinski definition) is 2. The van der Waals surface area contributed by atoms with Gasteiger partial charge in [-0.25, -0.2) is 0 Å². The van der Waals surface area contributed by atoms with Crippen molar-refractivity contribution in [2.24, 2.45) is 0 Å². The number of fused-ring (bicyclic) bond motifs is 1. The molecular formula is C17H18N2O2. The van der Waals surface area contributed by atoms with E-state index in [0.717, 1.165) is 41.9 Å². The van der Waals surface area contributed by atoms with Gasteiger partial charge in [0.05, 0.1) is 6.42 Å². The zero-order valence-electron chi connectivity index (χ0n) is 11.7. The molecule has 4 heteroatoms. The fraction of sp³-hybridized carbons (Fsp3) is 0.235. The summed E-state index contributed by atoms with van der Waals surface area (Å²) in [5, 5.41) is 9.29. The number of nitrogens with zero attached hydrogens (tertiary/aromatic N) is 1. The molecule has 0 fully saturated rings. The molecule has 1 aliphatic heterocycles. The normalized spacial score (nSPS) is 13.8. The highest BCUT2D eigenvalue weighted by molar-refractivity contribution is 5.96. The highest BCUT2D eigenvalue weighted by Gasteiger charge is 2.23. The van der Waals surface area contributed by atoms with Crippen LogP contribution in [0, 0.1) is 0 Å². The summed E-state index contributed by atoms with van der Waals surface area (Å²) in [4.78, 5) is 14.4. The van der Waals surface area contributed by atoms with Crippen LogP contribution in [0.5, 0.6) is 5.75 Å². The molecule has 0 radical (unpaired) electrons. The summed E-state index contributed by atoms with van der Waals surface area (Å²) in [6.07, 6.45) is 2.18. The summed E-state index contributed by atoms with van der Waals surface area (Å²) in [7, 11) is 0. The zero-order valence-corrected chi connectivity index (χ0v) is 11.7. The SMILES string of the molecule is Nc1cccc2c1CCCN2C(=O)Cc1ccc(O)cc1. The third-order valence-corrected chi connectivity index (χ3v) is 3.88.